The largest absolute Gasteiger partial charge is 0.412 e. The van der Waals surface area contributed by atoms with Crippen LogP contribution in [0, 0.1) is 0 Å². The summed E-state index contributed by atoms with van der Waals surface area (Å²) < 4.78 is 0. The maximum absolute atomic E-state index is 0. The Kier molecular flexibility index (Phi) is 226000. The number of hydrogen-bond donors (Lipinski definition) is 0. The highest BCUT2D eigenvalue weighted by molar-refractivity contribution is 5.86. The number of rotatable bonds is 0. The Morgan fingerprint density at radius 2 is 0.182 bits per heavy atom. The predicted molar refractivity (Wildman–Crippen MR) is 54.3 cm³/mol. The Morgan fingerprint density at radius 3 is 0.182 bits per heavy atom. The van der Waals surface area contributed by atoms with Crippen LogP contribution >= 0.6 is 49.6 Å². The first-order valence-electron chi connectivity index (χ1n) is 0. The summed E-state index contributed by atoms with van der Waals surface area (Å²) in [6.07, 6.45) is 0. The highest BCUT2D eigenvalue weighted by Gasteiger charge is -0.143. The minimum atomic E-state index is 0. The molecule has 0 spiro atoms. The van der Waals surface area contributed by atoms with Crippen LogP contribution in [0.15, 0.2) is 0 Å². The molecule has 0 bridgehead atoms. The van der Waals surface area contributed by atoms with Crippen molar-refractivity contribution in [3.05, 3.63) is 0 Å². The van der Waals surface area contributed by atoms with Gasteiger partial charge in [-0.15, -0.1) is 49.6 Å². The smallest absolute Gasteiger partial charge is 0.147 e. The topological polar surface area (TPSA) is 220 Å². The highest BCUT2D eigenvalue weighted by Crippen LogP contribution is 0.693. The Balaban J connectivity index is 0. The summed E-state index contributed by atoms with van der Waals surface area (Å²) in [4.78, 5) is 0. The van der Waals surface area contributed by atoms with Crippen molar-refractivity contribution in [2.75, 3.05) is 0 Å². The lowest BCUT2D eigenvalue weighted by Gasteiger charge is -0.413. The van der Waals surface area contributed by atoms with E-state index >= 15 is 0 Å². The highest BCUT2D eigenvalue weighted by atomic mass is 35.5. The van der Waals surface area contributed by atoms with E-state index in [9.17, 15) is 0 Å². The van der Waals surface area contributed by atoms with E-state index in [1.54, 1.807) is 0 Å². The molecule has 14 N–H and O–H groups in total. The molecule has 0 saturated carbocycles. The summed E-state index contributed by atoms with van der Waals surface area (Å²) in [5, 5.41) is 0. The van der Waals surface area contributed by atoms with Gasteiger partial charge >= 0.3 is 0 Å². The quantitative estimate of drug-likeness (QED) is 0.410. The molecule has 0 atom stereocenters. The molecule has 11 heteroatoms. The Morgan fingerprint density at radius 1 is 0.182 bits per heavy atom. The Hall–Kier alpha value is 0.880. The van der Waals surface area contributed by atoms with Crippen LogP contribution < -0.4 is 0 Å². The SMILES string of the molecule is Cl.Cl.Cl.Cl.O.O.O.O.O.O.O. The van der Waals surface area contributed by atoms with E-state index in [2.05, 4.69) is 0 Å². The molecule has 0 rings (SSSR count). The van der Waals surface area contributed by atoms with E-state index in [4.69, 9.17) is 0 Å². The molecule has 0 aromatic rings. The van der Waals surface area contributed by atoms with E-state index in [0.29, 0.717) is 0 Å². The van der Waals surface area contributed by atoms with E-state index in [0.717, 1.165) is 0 Å². The molecule has 0 aromatic carbocycles. The third-order valence-electron chi connectivity index (χ3n) is 0. The van der Waals surface area contributed by atoms with Crippen LogP contribution in [0.3, 0.4) is 0 Å². The second-order valence-electron chi connectivity index (χ2n) is 0. The molecule has 0 heterocycles. The lowest BCUT2D eigenvalue weighted by atomic mass is 16.0. The molecule has 0 aliphatic carbocycles. The van der Waals surface area contributed by atoms with Gasteiger partial charge in [0.25, 0.3) is 0 Å². The van der Waals surface area contributed by atoms with Crippen molar-refractivity contribution in [1.29, 1.82) is 0 Å². The van der Waals surface area contributed by atoms with Gasteiger partial charge in [0, 0.05) is 0 Å². The second-order valence-corrected chi connectivity index (χ2v) is 0. The zero-order valence-electron chi connectivity index (χ0n) is 5.13. The molecule has 0 radical (unpaired) electrons. The summed E-state index contributed by atoms with van der Waals surface area (Å²) in [6, 6.07) is 0. The lowest BCUT2D eigenvalue weighted by molar-refractivity contribution is 0.823. The van der Waals surface area contributed by atoms with Crippen molar-refractivity contribution < 1.29 is 38.3 Å². The fraction of sp³-hybridized carbons (Fsp3) is 0. The fourth-order valence-corrected chi connectivity index (χ4v) is 0. The van der Waals surface area contributed by atoms with Gasteiger partial charge in [0.1, 0.15) is 0 Å². The molecular formula is H18Cl4O7. The monoisotopic (exact) mass is 270 g/mol. The third-order valence-corrected chi connectivity index (χ3v) is 0. The molecule has 0 saturated heterocycles. The van der Waals surface area contributed by atoms with Crippen LogP contribution in [0.25, 0.3) is 0 Å². The molecule has 0 fully saturated rings. The van der Waals surface area contributed by atoms with Gasteiger partial charge in [0.2, 0.25) is 0 Å². The van der Waals surface area contributed by atoms with E-state index < -0.39 is 0 Å². The van der Waals surface area contributed by atoms with Crippen molar-refractivity contribution in [2.45, 2.75) is 0 Å². The van der Waals surface area contributed by atoms with Gasteiger partial charge in [0.15, 0.2) is 0 Å². The summed E-state index contributed by atoms with van der Waals surface area (Å²) in [6.45, 7) is 0. The van der Waals surface area contributed by atoms with Gasteiger partial charge in [-0.05, 0) is 0 Å². The first kappa shape index (κ1) is 1820. The Labute approximate surface area is 88.3 Å². The van der Waals surface area contributed by atoms with Crippen LogP contribution in [0.1, 0.15) is 0 Å². The van der Waals surface area contributed by atoms with E-state index in [-0.39, 0.29) is 88.0 Å². The zero-order chi connectivity index (χ0) is 0. The van der Waals surface area contributed by atoms with Crippen molar-refractivity contribution >= 4 is 49.6 Å². The standard InChI is InChI=1S/4ClH.7H2O/h4*1H;7*1H2. The van der Waals surface area contributed by atoms with Gasteiger partial charge in [-0.2, -0.15) is 0 Å². The molecule has 11 heavy (non-hydrogen) atoms. The Bertz CT molecular complexity index is 10.4. The van der Waals surface area contributed by atoms with Crippen LogP contribution in [0.5, 0.6) is 0 Å². The van der Waals surface area contributed by atoms with E-state index in [1.165, 1.54) is 0 Å². The first-order chi connectivity index (χ1) is 0. The third kappa shape index (κ3) is 1110. The maximum atomic E-state index is 0. The average Bonchev–Trinajstić information content (AvgIpc) is 0. The minimum absolute atomic E-state index is 0. The van der Waals surface area contributed by atoms with Crippen LogP contribution in [-0.2, 0) is 0 Å². The van der Waals surface area contributed by atoms with Crippen molar-refractivity contribution in [3.8, 4) is 0 Å². The van der Waals surface area contributed by atoms with Crippen molar-refractivity contribution in [3.63, 3.8) is 0 Å². The van der Waals surface area contributed by atoms with Gasteiger partial charge in [-0.25, -0.2) is 0 Å². The van der Waals surface area contributed by atoms with Crippen LogP contribution in [-0.4, -0.2) is 38.3 Å². The summed E-state index contributed by atoms with van der Waals surface area (Å²) in [5.74, 6) is 0. The second kappa shape index (κ2) is 1370. The van der Waals surface area contributed by atoms with Gasteiger partial charge in [-0.1, -0.05) is 0 Å². The average molecular weight is 272 g/mol. The molecule has 0 aliphatic heterocycles. The molecular weight excluding hydrogens is 254 g/mol. The summed E-state index contributed by atoms with van der Waals surface area (Å²) >= 11 is 0. The number of halogens is 4. The molecule has 0 amide bonds. The lowest BCUT2D eigenvalue weighted by Crippen LogP contribution is -0.290. The van der Waals surface area contributed by atoms with Gasteiger partial charge in [-0.3, -0.25) is 0 Å². The molecule has 7 nitrogen and oxygen atoms in total. The minimum Gasteiger partial charge on any atom is -0.412 e. The number of hydrogen-bond acceptors (Lipinski definition) is 0. The molecule has 0 unspecified atom stereocenters. The molecule has 88 valence electrons. The summed E-state index contributed by atoms with van der Waals surface area (Å²) in [7, 11) is 0. The van der Waals surface area contributed by atoms with Crippen molar-refractivity contribution in [1.82, 2.24) is 0 Å². The van der Waals surface area contributed by atoms with E-state index in [1.807, 2.05) is 0 Å². The normalized spacial score (nSPS) is 0. The maximum Gasteiger partial charge on any atom is -0.147 e. The first-order valence-corrected chi connectivity index (χ1v) is 0. The molecule has 0 aliphatic rings. The van der Waals surface area contributed by atoms with Crippen LogP contribution in [0.4, 0.5) is 0 Å². The fourth-order valence-electron chi connectivity index (χ4n) is 0. The van der Waals surface area contributed by atoms with Crippen LogP contribution in [0.2, 0.25) is 0 Å². The zero-order valence-corrected chi connectivity index (χ0v) is 8.40. The van der Waals surface area contributed by atoms with Gasteiger partial charge < -0.3 is 38.3 Å². The molecule has 0 aromatic heterocycles. The van der Waals surface area contributed by atoms with Crippen molar-refractivity contribution in [2.24, 2.45) is 0 Å². The summed E-state index contributed by atoms with van der Waals surface area (Å²) in [5.41, 5.74) is 0. The predicted octanol–water partition coefficient (Wildman–Crippen LogP) is -4.09. The van der Waals surface area contributed by atoms with Gasteiger partial charge in [0.05, 0.1) is 0 Å².